The van der Waals surface area contributed by atoms with Gasteiger partial charge in [0, 0.05) is 31.1 Å². The van der Waals surface area contributed by atoms with Crippen molar-refractivity contribution in [3.8, 4) is 6.07 Å². The summed E-state index contributed by atoms with van der Waals surface area (Å²) in [5.74, 6) is 0.353. The Bertz CT molecular complexity index is 399. The summed E-state index contributed by atoms with van der Waals surface area (Å²) in [6, 6.07) is 3.54. The standard InChI is InChI=1S/C16H26N4O/c17-11-13-3-7-19(8-4-13)12-16(21)18-14-5-9-20(10-6-14)15-1-2-15/h13-15H,1-10,12H2,(H,18,21). The fourth-order valence-corrected chi connectivity index (χ4v) is 3.55. The average molecular weight is 290 g/mol. The molecule has 0 aromatic heterocycles. The van der Waals surface area contributed by atoms with E-state index in [0.717, 1.165) is 57.9 Å². The summed E-state index contributed by atoms with van der Waals surface area (Å²) < 4.78 is 0. The molecule has 2 heterocycles. The van der Waals surface area contributed by atoms with Crippen molar-refractivity contribution in [3.63, 3.8) is 0 Å². The Labute approximate surface area is 127 Å². The maximum Gasteiger partial charge on any atom is 0.234 e. The highest BCUT2D eigenvalue weighted by Crippen LogP contribution is 2.29. The number of carbonyl (C=O) groups excluding carboxylic acids is 1. The summed E-state index contributed by atoms with van der Waals surface area (Å²) >= 11 is 0. The third-order valence-electron chi connectivity index (χ3n) is 5.10. The van der Waals surface area contributed by atoms with E-state index in [4.69, 9.17) is 5.26 Å². The van der Waals surface area contributed by atoms with Crippen LogP contribution in [0.4, 0.5) is 0 Å². The number of nitrogens with one attached hydrogen (secondary N) is 1. The Morgan fingerprint density at radius 3 is 2.29 bits per heavy atom. The molecule has 3 rings (SSSR count). The van der Waals surface area contributed by atoms with E-state index in [1.165, 1.54) is 12.8 Å². The van der Waals surface area contributed by atoms with Gasteiger partial charge in [0.1, 0.15) is 0 Å². The molecule has 0 atom stereocenters. The Kier molecular flexibility index (Phi) is 4.77. The molecule has 2 aliphatic heterocycles. The van der Waals surface area contributed by atoms with Gasteiger partial charge in [-0.2, -0.15) is 5.26 Å². The zero-order valence-electron chi connectivity index (χ0n) is 12.8. The molecule has 0 aromatic carbocycles. The maximum atomic E-state index is 12.1. The van der Waals surface area contributed by atoms with Gasteiger partial charge in [0.05, 0.1) is 12.6 Å². The van der Waals surface area contributed by atoms with Crippen LogP contribution in [0.3, 0.4) is 0 Å². The van der Waals surface area contributed by atoms with Gasteiger partial charge in [-0.1, -0.05) is 0 Å². The van der Waals surface area contributed by atoms with Crippen molar-refractivity contribution in [2.24, 2.45) is 5.92 Å². The first-order valence-corrected chi connectivity index (χ1v) is 8.40. The number of hydrogen-bond acceptors (Lipinski definition) is 4. The van der Waals surface area contributed by atoms with Crippen molar-refractivity contribution in [3.05, 3.63) is 0 Å². The largest absolute Gasteiger partial charge is 0.352 e. The molecule has 1 N–H and O–H groups in total. The Balaban J connectivity index is 1.34. The Morgan fingerprint density at radius 2 is 1.71 bits per heavy atom. The molecule has 3 fully saturated rings. The number of amides is 1. The average Bonchev–Trinajstić information content (AvgIpc) is 3.33. The smallest absolute Gasteiger partial charge is 0.234 e. The molecular formula is C16H26N4O. The minimum absolute atomic E-state index is 0.162. The minimum atomic E-state index is 0.162. The van der Waals surface area contributed by atoms with Crippen molar-refractivity contribution in [2.45, 2.75) is 50.6 Å². The number of piperidine rings is 2. The van der Waals surface area contributed by atoms with Crippen LogP contribution >= 0.6 is 0 Å². The zero-order valence-corrected chi connectivity index (χ0v) is 12.8. The number of carbonyl (C=O) groups is 1. The second-order valence-corrected chi connectivity index (χ2v) is 6.79. The molecular weight excluding hydrogens is 264 g/mol. The van der Waals surface area contributed by atoms with Gasteiger partial charge in [-0.25, -0.2) is 0 Å². The van der Waals surface area contributed by atoms with Crippen LogP contribution in [0, 0.1) is 17.2 Å². The van der Waals surface area contributed by atoms with Crippen LogP contribution in [0.5, 0.6) is 0 Å². The first-order valence-electron chi connectivity index (χ1n) is 8.40. The lowest BCUT2D eigenvalue weighted by Gasteiger charge is -2.33. The van der Waals surface area contributed by atoms with Crippen LogP contribution in [0.25, 0.3) is 0 Å². The van der Waals surface area contributed by atoms with Gasteiger partial charge in [0.2, 0.25) is 5.91 Å². The van der Waals surface area contributed by atoms with Gasteiger partial charge >= 0.3 is 0 Å². The van der Waals surface area contributed by atoms with E-state index in [0.29, 0.717) is 12.6 Å². The van der Waals surface area contributed by atoms with Gasteiger partial charge in [-0.05, 0) is 51.6 Å². The van der Waals surface area contributed by atoms with Gasteiger partial charge in [-0.3, -0.25) is 9.69 Å². The second-order valence-electron chi connectivity index (χ2n) is 6.79. The minimum Gasteiger partial charge on any atom is -0.352 e. The fourth-order valence-electron chi connectivity index (χ4n) is 3.55. The second kappa shape index (κ2) is 6.76. The maximum absolute atomic E-state index is 12.1. The molecule has 116 valence electrons. The van der Waals surface area contributed by atoms with E-state index in [1.807, 2.05) is 0 Å². The van der Waals surface area contributed by atoms with Gasteiger partial charge in [-0.15, -0.1) is 0 Å². The molecule has 0 spiro atoms. The highest BCUT2D eigenvalue weighted by molar-refractivity contribution is 5.78. The molecule has 3 aliphatic rings. The van der Waals surface area contributed by atoms with Crippen molar-refractivity contribution >= 4 is 5.91 Å². The van der Waals surface area contributed by atoms with Crippen molar-refractivity contribution in [1.82, 2.24) is 15.1 Å². The lowest BCUT2D eigenvalue weighted by molar-refractivity contribution is -0.123. The lowest BCUT2D eigenvalue weighted by atomic mass is 9.98. The van der Waals surface area contributed by atoms with E-state index in [1.54, 1.807) is 0 Å². The summed E-state index contributed by atoms with van der Waals surface area (Å²) in [6.07, 6.45) is 6.75. The normalized spacial score (nSPS) is 26.4. The summed E-state index contributed by atoms with van der Waals surface area (Å²) in [5, 5.41) is 12.1. The van der Waals surface area contributed by atoms with Crippen LogP contribution in [-0.2, 0) is 4.79 Å². The zero-order chi connectivity index (χ0) is 14.7. The molecule has 2 saturated heterocycles. The summed E-state index contributed by atoms with van der Waals surface area (Å²) in [6.45, 7) is 4.55. The van der Waals surface area contributed by atoms with Crippen molar-refractivity contribution in [1.29, 1.82) is 5.26 Å². The molecule has 5 nitrogen and oxygen atoms in total. The third-order valence-corrected chi connectivity index (χ3v) is 5.10. The van der Waals surface area contributed by atoms with E-state index in [9.17, 15) is 4.79 Å². The predicted octanol–water partition coefficient (Wildman–Crippen LogP) is 0.965. The molecule has 21 heavy (non-hydrogen) atoms. The fraction of sp³-hybridized carbons (Fsp3) is 0.875. The molecule has 0 radical (unpaired) electrons. The van der Waals surface area contributed by atoms with Crippen LogP contribution in [0.1, 0.15) is 38.5 Å². The van der Waals surface area contributed by atoms with Crippen LogP contribution in [0.2, 0.25) is 0 Å². The molecule has 1 aliphatic carbocycles. The lowest BCUT2D eigenvalue weighted by Crippen LogP contribution is -2.48. The Hall–Kier alpha value is -1.12. The molecule has 0 aromatic rings. The quantitative estimate of drug-likeness (QED) is 0.838. The molecule has 0 unspecified atom stereocenters. The number of rotatable bonds is 4. The van der Waals surface area contributed by atoms with Gasteiger partial charge in [0.25, 0.3) is 0 Å². The summed E-state index contributed by atoms with van der Waals surface area (Å²) in [4.78, 5) is 16.9. The first-order chi connectivity index (χ1) is 10.2. The summed E-state index contributed by atoms with van der Waals surface area (Å²) in [7, 11) is 0. The van der Waals surface area contributed by atoms with Crippen molar-refractivity contribution in [2.75, 3.05) is 32.7 Å². The van der Waals surface area contributed by atoms with Gasteiger partial charge < -0.3 is 10.2 Å². The number of nitriles is 1. The highest BCUT2D eigenvalue weighted by atomic mass is 16.2. The van der Waals surface area contributed by atoms with E-state index < -0.39 is 0 Å². The first kappa shape index (κ1) is 14.8. The molecule has 0 bridgehead atoms. The predicted molar refractivity (Wildman–Crippen MR) is 80.5 cm³/mol. The van der Waals surface area contributed by atoms with Crippen molar-refractivity contribution < 1.29 is 4.79 Å². The topological polar surface area (TPSA) is 59.4 Å². The monoisotopic (exact) mass is 290 g/mol. The van der Waals surface area contributed by atoms with Crippen LogP contribution in [-0.4, -0.2) is 60.5 Å². The Morgan fingerprint density at radius 1 is 1.05 bits per heavy atom. The molecule has 1 saturated carbocycles. The third kappa shape index (κ3) is 4.18. The van der Waals surface area contributed by atoms with Crippen LogP contribution in [0.15, 0.2) is 0 Å². The number of hydrogen-bond donors (Lipinski definition) is 1. The van der Waals surface area contributed by atoms with Crippen LogP contribution < -0.4 is 5.32 Å². The van der Waals surface area contributed by atoms with E-state index in [2.05, 4.69) is 21.2 Å². The summed E-state index contributed by atoms with van der Waals surface area (Å²) in [5.41, 5.74) is 0. The number of likely N-dealkylation sites (tertiary alicyclic amines) is 2. The molecule has 1 amide bonds. The molecule has 5 heteroatoms. The highest BCUT2D eigenvalue weighted by Gasteiger charge is 2.32. The number of nitrogens with zero attached hydrogens (tertiary/aromatic N) is 3. The van der Waals surface area contributed by atoms with E-state index >= 15 is 0 Å². The van der Waals surface area contributed by atoms with E-state index in [-0.39, 0.29) is 11.8 Å². The SMILES string of the molecule is N#CC1CCN(CC(=O)NC2CCN(C3CC3)CC2)CC1. The van der Waals surface area contributed by atoms with Gasteiger partial charge in [0.15, 0.2) is 0 Å².